The van der Waals surface area contributed by atoms with E-state index in [-0.39, 0.29) is 0 Å². The van der Waals surface area contributed by atoms with Crippen LogP contribution in [0.4, 0.5) is 0 Å². The van der Waals surface area contributed by atoms with Gasteiger partial charge in [0.2, 0.25) is 0 Å². The smallest absolute Gasteiger partial charge is 0.0701 e. The Balaban J connectivity index is 2.40. The Labute approximate surface area is 91.7 Å². The number of hydrogen-bond acceptors (Lipinski definition) is 2. The molecular weight excluding hydrogens is 246 g/mol. The fourth-order valence-corrected chi connectivity index (χ4v) is 2.47. The van der Waals surface area contributed by atoms with E-state index in [1.165, 1.54) is 8.66 Å². The molecule has 1 atom stereocenters. The molecule has 0 aliphatic rings. The highest BCUT2D eigenvalue weighted by atomic mass is 79.9. The Morgan fingerprint density at radius 1 is 1.69 bits per heavy atom. The number of nitrogens with one attached hydrogen (secondary N) is 1. The molecule has 1 unspecified atom stereocenters. The van der Waals surface area contributed by atoms with E-state index in [1.807, 2.05) is 0 Å². The molecule has 1 N–H and O–H groups in total. The molecule has 0 amide bonds. The summed E-state index contributed by atoms with van der Waals surface area (Å²) in [7, 11) is 0. The van der Waals surface area contributed by atoms with Crippen molar-refractivity contribution >= 4 is 27.3 Å². The van der Waals surface area contributed by atoms with Crippen molar-refractivity contribution in [1.29, 1.82) is 0 Å². The van der Waals surface area contributed by atoms with E-state index in [4.69, 9.17) is 6.42 Å². The van der Waals surface area contributed by atoms with Crippen LogP contribution >= 0.6 is 27.3 Å². The van der Waals surface area contributed by atoms with Crippen molar-refractivity contribution in [2.24, 2.45) is 0 Å². The van der Waals surface area contributed by atoms with Crippen LogP contribution in [0.25, 0.3) is 0 Å². The van der Waals surface area contributed by atoms with Crippen molar-refractivity contribution in [2.45, 2.75) is 19.4 Å². The van der Waals surface area contributed by atoms with Gasteiger partial charge in [-0.2, -0.15) is 0 Å². The molecule has 0 aliphatic heterocycles. The average molecular weight is 258 g/mol. The number of hydrogen-bond donors (Lipinski definition) is 1. The van der Waals surface area contributed by atoms with Gasteiger partial charge in [-0.15, -0.1) is 23.7 Å². The molecule has 1 nitrogen and oxygen atoms in total. The van der Waals surface area contributed by atoms with Crippen LogP contribution in [0.2, 0.25) is 0 Å². The van der Waals surface area contributed by atoms with Gasteiger partial charge in [-0.3, -0.25) is 0 Å². The van der Waals surface area contributed by atoms with E-state index in [1.54, 1.807) is 11.3 Å². The van der Waals surface area contributed by atoms with E-state index in [2.05, 4.69) is 46.2 Å². The molecule has 1 rings (SSSR count). The lowest BCUT2D eigenvalue weighted by atomic mass is 10.2. The van der Waals surface area contributed by atoms with Crippen LogP contribution in [0.15, 0.2) is 15.9 Å². The summed E-state index contributed by atoms with van der Waals surface area (Å²) in [5.74, 6) is 2.61. The highest BCUT2D eigenvalue weighted by Gasteiger charge is 2.05. The predicted octanol–water partition coefficient (Wildman–Crippen LogP) is 3.18. The van der Waals surface area contributed by atoms with E-state index in [0.717, 1.165) is 13.0 Å². The minimum atomic E-state index is 0.393. The molecule has 0 bridgehead atoms. The van der Waals surface area contributed by atoms with Crippen molar-refractivity contribution in [3.05, 3.63) is 20.8 Å². The second-order valence-electron chi connectivity index (χ2n) is 2.77. The number of rotatable bonds is 4. The van der Waals surface area contributed by atoms with Crippen molar-refractivity contribution < 1.29 is 0 Å². The standard InChI is InChI=1S/C10H12BrNS/c1-3-4-7-12-8(2)9-5-6-10(11)13-9/h1,5-6,8,12H,4,7H2,2H3. The number of thiophene rings is 1. The summed E-state index contributed by atoms with van der Waals surface area (Å²) in [5.41, 5.74) is 0. The lowest BCUT2D eigenvalue weighted by Crippen LogP contribution is -2.18. The van der Waals surface area contributed by atoms with Gasteiger partial charge in [-0.05, 0) is 35.0 Å². The van der Waals surface area contributed by atoms with Crippen molar-refractivity contribution in [3.8, 4) is 12.3 Å². The minimum Gasteiger partial charge on any atom is -0.309 e. The van der Waals surface area contributed by atoms with E-state index in [9.17, 15) is 0 Å². The number of halogens is 1. The zero-order valence-electron chi connectivity index (χ0n) is 7.51. The van der Waals surface area contributed by atoms with E-state index >= 15 is 0 Å². The average Bonchev–Trinajstić information content (AvgIpc) is 2.52. The van der Waals surface area contributed by atoms with Gasteiger partial charge in [0.1, 0.15) is 0 Å². The summed E-state index contributed by atoms with van der Waals surface area (Å²) < 4.78 is 1.17. The summed E-state index contributed by atoms with van der Waals surface area (Å²) in [6.45, 7) is 3.03. The SMILES string of the molecule is C#CCCNC(C)c1ccc(Br)s1. The van der Waals surface area contributed by atoms with Gasteiger partial charge in [0.05, 0.1) is 3.79 Å². The molecule has 3 heteroatoms. The predicted molar refractivity (Wildman–Crippen MR) is 61.9 cm³/mol. The van der Waals surface area contributed by atoms with Crippen LogP contribution in [-0.4, -0.2) is 6.54 Å². The largest absolute Gasteiger partial charge is 0.309 e. The molecule has 0 aromatic carbocycles. The van der Waals surface area contributed by atoms with Crippen molar-refractivity contribution in [2.75, 3.05) is 6.54 Å². The maximum absolute atomic E-state index is 5.16. The van der Waals surface area contributed by atoms with Gasteiger partial charge in [0, 0.05) is 23.9 Å². The van der Waals surface area contributed by atoms with Crippen LogP contribution in [-0.2, 0) is 0 Å². The third-order valence-electron chi connectivity index (χ3n) is 1.74. The van der Waals surface area contributed by atoms with Crippen molar-refractivity contribution in [3.63, 3.8) is 0 Å². The molecule has 0 spiro atoms. The second-order valence-corrected chi connectivity index (χ2v) is 5.27. The first-order valence-corrected chi connectivity index (χ1v) is 5.77. The molecule has 1 aromatic heterocycles. The first-order chi connectivity index (χ1) is 6.24. The van der Waals surface area contributed by atoms with Gasteiger partial charge in [-0.1, -0.05) is 0 Å². The molecule has 70 valence electrons. The topological polar surface area (TPSA) is 12.0 Å². The van der Waals surface area contributed by atoms with Crippen LogP contribution in [0.1, 0.15) is 24.3 Å². The normalized spacial score (nSPS) is 12.4. The molecule has 0 radical (unpaired) electrons. The van der Waals surface area contributed by atoms with Crippen LogP contribution < -0.4 is 5.32 Å². The molecule has 0 fully saturated rings. The van der Waals surface area contributed by atoms with Gasteiger partial charge in [0.25, 0.3) is 0 Å². The Bertz CT molecular complexity index is 300. The second kappa shape index (κ2) is 5.43. The lowest BCUT2D eigenvalue weighted by molar-refractivity contribution is 0.592. The van der Waals surface area contributed by atoms with Crippen molar-refractivity contribution in [1.82, 2.24) is 5.32 Å². The molecule has 0 aliphatic carbocycles. The quantitative estimate of drug-likeness (QED) is 0.646. The third kappa shape index (κ3) is 3.51. The van der Waals surface area contributed by atoms with Gasteiger partial charge >= 0.3 is 0 Å². The fourth-order valence-electron chi connectivity index (χ4n) is 1.02. The zero-order valence-corrected chi connectivity index (χ0v) is 9.91. The fraction of sp³-hybridized carbons (Fsp3) is 0.400. The maximum Gasteiger partial charge on any atom is 0.0701 e. The first kappa shape index (κ1) is 10.8. The Hall–Kier alpha value is -0.300. The zero-order chi connectivity index (χ0) is 9.68. The van der Waals surface area contributed by atoms with Gasteiger partial charge in [-0.25, -0.2) is 0 Å². The van der Waals surface area contributed by atoms with Gasteiger partial charge < -0.3 is 5.32 Å². The monoisotopic (exact) mass is 257 g/mol. The lowest BCUT2D eigenvalue weighted by Gasteiger charge is -2.09. The van der Waals surface area contributed by atoms with Gasteiger partial charge in [0.15, 0.2) is 0 Å². The van der Waals surface area contributed by atoms with Crippen LogP contribution in [0.3, 0.4) is 0 Å². The summed E-state index contributed by atoms with van der Waals surface area (Å²) in [6, 6.07) is 4.59. The molecule has 0 saturated carbocycles. The molecular formula is C10H12BrNS. The van der Waals surface area contributed by atoms with Crippen LogP contribution in [0, 0.1) is 12.3 Å². The van der Waals surface area contributed by atoms with E-state index < -0.39 is 0 Å². The third-order valence-corrected chi connectivity index (χ3v) is 3.55. The Morgan fingerprint density at radius 2 is 2.46 bits per heavy atom. The maximum atomic E-state index is 5.16. The Morgan fingerprint density at radius 3 is 3.00 bits per heavy atom. The molecule has 0 saturated heterocycles. The number of terminal acetylenes is 1. The Kier molecular flexibility index (Phi) is 4.51. The van der Waals surface area contributed by atoms with E-state index in [0.29, 0.717) is 6.04 Å². The molecule has 1 heterocycles. The summed E-state index contributed by atoms with van der Waals surface area (Å²) >= 11 is 5.20. The minimum absolute atomic E-state index is 0.393. The first-order valence-electron chi connectivity index (χ1n) is 4.16. The molecule has 1 aromatic rings. The highest BCUT2D eigenvalue weighted by Crippen LogP contribution is 2.26. The highest BCUT2D eigenvalue weighted by molar-refractivity contribution is 9.11. The van der Waals surface area contributed by atoms with Crippen LogP contribution in [0.5, 0.6) is 0 Å². The summed E-state index contributed by atoms with van der Waals surface area (Å²) in [4.78, 5) is 1.34. The summed E-state index contributed by atoms with van der Waals surface area (Å²) in [6.07, 6.45) is 5.95. The molecule has 13 heavy (non-hydrogen) atoms. The summed E-state index contributed by atoms with van der Waals surface area (Å²) in [5, 5.41) is 3.36.